The van der Waals surface area contributed by atoms with Gasteiger partial charge in [0, 0.05) is 17.5 Å². The van der Waals surface area contributed by atoms with Crippen LogP contribution in [0.3, 0.4) is 0 Å². The Morgan fingerprint density at radius 3 is 2.37 bits per heavy atom. The third-order valence-corrected chi connectivity index (χ3v) is 4.99. The Labute approximate surface area is 163 Å². The molecule has 0 fully saturated rings. The molecule has 5 nitrogen and oxygen atoms in total. The van der Waals surface area contributed by atoms with E-state index >= 15 is 0 Å². The van der Waals surface area contributed by atoms with Gasteiger partial charge in [-0.05, 0) is 44.5 Å². The Kier molecular flexibility index (Phi) is 5.33. The van der Waals surface area contributed by atoms with E-state index in [1.54, 1.807) is 42.3 Å². The second kappa shape index (κ2) is 7.53. The van der Waals surface area contributed by atoms with Crippen molar-refractivity contribution in [1.29, 1.82) is 0 Å². The van der Waals surface area contributed by atoms with Crippen LogP contribution >= 0.6 is 11.6 Å². The van der Waals surface area contributed by atoms with Crippen molar-refractivity contribution in [3.05, 3.63) is 75.2 Å². The van der Waals surface area contributed by atoms with Gasteiger partial charge in [0.25, 0.3) is 11.5 Å². The van der Waals surface area contributed by atoms with E-state index in [9.17, 15) is 9.59 Å². The molecule has 6 heteroatoms. The van der Waals surface area contributed by atoms with E-state index in [2.05, 4.69) is 5.10 Å². The molecule has 0 aliphatic heterocycles. The van der Waals surface area contributed by atoms with Crippen LogP contribution in [-0.2, 0) is 0 Å². The summed E-state index contributed by atoms with van der Waals surface area (Å²) in [6, 6.07) is 14.2. The van der Waals surface area contributed by atoms with Gasteiger partial charge in [-0.25, -0.2) is 4.68 Å². The predicted octanol–water partition coefficient (Wildman–Crippen LogP) is 4.46. The number of hydrogen-bond donors (Lipinski definition) is 0. The molecule has 27 heavy (non-hydrogen) atoms. The number of amides is 1. The van der Waals surface area contributed by atoms with Gasteiger partial charge in [0.05, 0.1) is 17.5 Å². The quantitative estimate of drug-likeness (QED) is 0.668. The van der Waals surface area contributed by atoms with Crippen molar-refractivity contribution < 1.29 is 4.79 Å². The minimum atomic E-state index is -0.243. The van der Waals surface area contributed by atoms with Gasteiger partial charge in [-0.2, -0.15) is 5.10 Å². The summed E-state index contributed by atoms with van der Waals surface area (Å²) in [6.45, 7) is 5.68. The molecule has 140 valence electrons. The minimum Gasteiger partial charge on any atom is -0.334 e. The van der Waals surface area contributed by atoms with Crippen LogP contribution in [0, 0.1) is 0 Å². The average Bonchev–Trinajstić information content (AvgIpc) is 2.66. The van der Waals surface area contributed by atoms with Crippen LogP contribution in [0.25, 0.3) is 10.8 Å². The monoisotopic (exact) mass is 383 g/mol. The van der Waals surface area contributed by atoms with Crippen LogP contribution in [0.4, 0.5) is 0 Å². The number of nitrogens with zero attached hydrogens (tertiary/aromatic N) is 3. The third-order valence-electron chi connectivity index (χ3n) is 4.75. The summed E-state index contributed by atoms with van der Waals surface area (Å²) in [4.78, 5) is 27.5. The summed E-state index contributed by atoms with van der Waals surface area (Å²) in [5.41, 5.74) is 1.01. The zero-order chi connectivity index (χ0) is 19.7. The maximum atomic E-state index is 13.3. The molecular formula is C21H22ClN3O2. The molecular weight excluding hydrogens is 362 g/mol. The molecule has 0 radical (unpaired) electrons. The number of fused-ring (bicyclic) bond motifs is 1. The Bertz CT molecular complexity index is 1060. The highest BCUT2D eigenvalue weighted by atomic mass is 35.5. The Hall–Kier alpha value is -2.66. The van der Waals surface area contributed by atoms with Gasteiger partial charge in [0.2, 0.25) is 0 Å². The first-order valence-corrected chi connectivity index (χ1v) is 9.23. The summed E-state index contributed by atoms with van der Waals surface area (Å²) in [6.07, 6.45) is 0. The van der Waals surface area contributed by atoms with Crippen LogP contribution in [0.2, 0.25) is 5.02 Å². The second-order valence-electron chi connectivity index (χ2n) is 6.88. The summed E-state index contributed by atoms with van der Waals surface area (Å²) in [7, 11) is 1.73. The van der Waals surface area contributed by atoms with E-state index < -0.39 is 0 Å². The molecule has 1 unspecified atom stereocenters. The molecule has 0 aliphatic rings. The molecule has 1 amide bonds. The van der Waals surface area contributed by atoms with Crippen molar-refractivity contribution >= 4 is 28.3 Å². The summed E-state index contributed by atoms with van der Waals surface area (Å²) in [5.74, 6) is -0.243. The predicted molar refractivity (Wildman–Crippen MR) is 108 cm³/mol. The number of hydrogen-bond acceptors (Lipinski definition) is 3. The average molecular weight is 384 g/mol. The molecule has 1 heterocycles. The van der Waals surface area contributed by atoms with Crippen molar-refractivity contribution in [3.8, 4) is 0 Å². The van der Waals surface area contributed by atoms with Crippen LogP contribution in [0.1, 0.15) is 48.9 Å². The van der Waals surface area contributed by atoms with Crippen LogP contribution in [0.15, 0.2) is 53.3 Å². The minimum absolute atomic E-state index is 0.149. The first kappa shape index (κ1) is 19.1. The molecule has 0 spiro atoms. The highest BCUT2D eigenvalue weighted by Gasteiger charge is 2.24. The van der Waals surface area contributed by atoms with E-state index in [1.807, 2.05) is 39.0 Å². The number of carbonyl (C=O) groups excluding carboxylic acids is 1. The van der Waals surface area contributed by atoms with Crippen molar-refractivity contribution in [2.45, 2.75) is 32.9 Å². The lowest BCUT2D eigenvalue weighted by molar-refractivity contribution is 0.0736. The number of halogens is 1. The topological polar surface area (TPSA) is 55.2 Å². The van der Waals surface area contributed by atoms with Gasteiger partial charge < -0.3 is 4.90 Å². The zero-order valence-electron chi connectivity index (χ0n) is 15.8. The normalized spacial score (nSPS) is 12.4. The van der Waals surface area contributed by atoms with E-state index in [-0.39, 0.29) is 29.2 Å². The Morgan fingerprint density at radius 2 is 1.74 bits per heavy atom. The highest BCUT2D eigenvalue weighted by molar-refractivity contribution is 6.30. The number of carbonyl (C=O) groups is 1. The molecule has 0 N–H and O–H groups in total. The highest BCUT2D eigenvalue weighted by Crippen LogP contribution is 2.24. The second-order valence-corrected chi connectivity index (χ2v) is 7.32. The lowest BCUT2D eigenvalue weighted by Crippen LogP contribution is -2.34. The molecule has 3 aromatic rings. The molecule has 1 atom stereocenters. The van der Waals surface area contributed by atoms with Crippen molar-refractivity contribution in [1.82, 2.24) is 14.7 Å². The van der Waals surface area contributed by atoms with Gasteiger partial charge in [0.15, 0.2) is 5.69 Å². The standard InChI is InChI=1S/C21H22ClN3O2/c1-13(2)25-20(26)18-11-6-5-10-17(18)19(23-25)21(27)24(4)14(3)15-8-7-9-16(22)12-15/h5-14H,1-4H3. The van der Waals surface area contributed by atoms with E-state index in [0.29, 0.717) is 15.8 Å². The molecule has 0 saturated carbocycles. The Morgan fingerprint density at radius 1 is 1.07 bits per heavy atom. The lowest BCUT2D eigenvalue weighted by Gasteiger charge is -2.26. The fourth-order valence-electron chi connectivity index (χ4n) is 3.05. The first-order chi connectivity index (χ1) is 12.8. The largest absolute Gasteiger partial charge is 0.334 e. The third kappa shape index (κ3) is 3.60. The number of aromatic nitrogens is 2. The molecule has 3 rings (SSSR count). The number of rotatable bonds is 4. The van der Waals surface area contributed by atoms with E-state index in [1.165, 1.54) is 4.68 Å². The maximum absolute atomic E-state index is 13.3. The van der Waals surface area contributed by atoms with Gasteiger partial charge in [-0.1, -0.05) is 41.9 Å². The van der Waals surface area contributed by atoms with Crippen LogP contribution in [0.5, 0.6) is 0 Å². The van der Waals surface area contributed by atoms with Gasteiger partial charge >= 0.3 is 0 Å². The molecule has 0 aliphatic carbocycles. The van der Waals surface area contributed by atoms with E-state index in [0.717, 1.165) is 5.56 Å². The van der Waals surface area contributed by atoms with Crippen molar-refractivity contribution in [3.63, 3.8) is 0 Å². The molecule has 0 saturated heterocycles. The molecule has 0 bridgehead atoms. The molecule has 1 aromatic heterocycles. The fraction of sp³-hybridized carbons (Fsp3) is 0.286. The van der Waals surface area contributed by atoms with Crippen molar-refractivity contribution in [2.24, 2.45) is 0 Å². The maximum Gasteiger partial charge on any atom is 0.275 e. The summed E-state index contributed by atoms with van der Waals surface area (Å²) < 4.78 is 1.37. The first-order valence-electron chi connectivity index (χ1n) is 8.85. The van der Waals surface area contributed by atoms with Gasteiger partial charge in [-0.3, -0.25) is 9.59 Å². The Balaban J connectivity index is 2.10. The lowest BCUT2D eigenvalue weighted by atomic mass is 10.1. The number of benzene rings is 2. The zero-order valence-corrected chi connectivity index (χ0v) is 16.6. The summed E-state index contributed by atoms with van der Waals surface area (Å²) in [5, 5.41) is 6.08. The fourth-order valence-corrected chi connectivity index (χ4v) is 3.25. The smallest absolute Gasteiger partial charge is 0.275 e. The molecule has 2 aromatic carbocycles. The van der Waals surface area contributed by atoms with Gasteiger partial charge in [-0.15, -0.1) is 0 Å². The SMILES string of the molecule is CC(c1cccc(Cl)c1)N(C)C(=O)c1nn(C(C)C)c(=O)c2ccccc12. The van der Waals surface area contributed by atoms with Gasteiger partial charge in [0.1, 0.15) is 0 Å². The van der Waals surface area contributed by atoms with E-state index in [4.69, 9.17) is 11.6 Å². The summed E-state index contributed by atoms with van der Waals surface area (Å²) >= 11 is 6.09. The van der Waals surface area contributed by atoms with Crippen LogP contribution < -0.4 is 5.56 Å². The van der Waals surface area contributed by atoms with Crippen molar-refractivity contribution in [2.75, 3.05) is 7.05 Å². The van der Waals surface area contributed by atoms with Crippen LogP contribution in [-0.4, -0.2) is 27.6 Å².